The maximum absolute atomic E-state index is 7.61. The molecule has 0 atom stereocenters. The molecule has 0 bridgehead atoms. The smallest absolute Gasteiger partial charge is 0.444 e. The quantitative estimate of drug-likeness (QED) is 0.165. The summed E-state index contributed by atoms with van der Waals surface area (Å²) in [5.74, 6) is 1.35. The lowest BCUT2D eigenvalue weighted by Crippen LogP contribution is -2.19. The van der Waals surface area contributed by atoms with E-state index in [9.17, 15) is 0 Å². The van der Waals surface area contributed by atoms with Crippen LogP contribution in [0.2, 0.25) is 0 Å². The van der Waals surface area contributed by atoms with Gasteiger partial charge in [-0.25, -0.2) is 0 Å². The fourth-order valence-electron chi connectivity index (χ4n) is 8.02. The van der Waals surface area contributed by atoms with E-state index in [-0.39, 0.29) is 43.3 Å². The van der Waals surface area contributed by atoms with Crippen LogP contribution in [0.1, 0.15) is 211 Å². The second-order valence-electron chi connectivity index (χ2n) is 26.4. The molecule has 0 spiro atoms. The first-order valence-electron chi connectivity index (χ1n) is 23.0. The first kappa shape index (κ1) is 52.4. The van der Waals surface area contributed by atoms with Crippen molar-refractivity contribution >= 4 is 59.5 Å². The molecule has 1 heterocycles. The number of benzene rings is 4. The molecule has 0 saturated carbocycles. The van der Waals surface area contributed by atoms with Gasteiger partial charge in [0.25, 0.3) is 6.85 Å². The van der Waals surface area contributed by atoms with E-state index < -0.39 is 15.1 Å². The molecule has 1 aromatic heterocycles. The minimum atomic E-state index is -2.13. The zero-order valence-corrected chi connectivity index (χ0v) is 47.2. The molecular formula is C56H80Cl2O4P2. The number of hydrogen-bond donors (Lipinski definition) is 0. The highest BCUT2D eigenvalue weighted by molar-refractivity contribution is 8.00. The van der Waals surface area contributed by atoms with Crippen molar-refractivity contribution < 1.29 is 17.4 Å². The van der Waals surface area contributed by atoms with E-state index in [0.717, 1.165) is 55.3 Å². The van der Waals surface area contributed by atoms with Gasteiger partial charge in [0, 0.05) is 44.2 Å². The Morgan fingerprint density at radius 1 is 0.375 bits per heavy atom. The van der Waals surface area contributed by atoms with Crippen LogP contribution >= 0.6 is 37.6 Å². The highest BCUT2D eigenvalue weighted by Gasteiger charge is 2.35. The predicted octanol–water partition coefficient (Wildman–Crippen LogP) is 20.3. The van der Waals surface area contributed by atoms with Gasteiger partial charge >= 0.3 is 8.24 Å². The van der Waals surface area contributed by atoms with Gasteiger partial charge in [-0.2, -0.15) is 0 Å². The molecule has 4 aromatic carbocycles. The Labute approximate surface area is 400 Å². The van der Waals surface area contributed by atoms with Crippen LogP contribution in [0.4, 0.5) is 0 Å². The van der Waals surface area contributed by atoms with E-state index in [0.29, 0.717) is 11.5 Å². The summed E-state index contributed by atoms with van der Waals surface area (Å²) in [5.41, 5.74) is 10.6. The third-order valence-corrected chi connectivity index (χ3v) is 14.0. The summed E-state index contributed by atoms with van der Waals surface area (Å²) in [7, 11) is -2.13. The molecule has 0 aliphatic carbocycles. The van der Waals surface area contributed by atoms with Gasteiger partial charge in [-0.3, -0.25) is 0 Å². The van der Waals surface area contributed by atoms with Gasteiger partial charge < -0.3 is 17.4 Å². The molecule has 0 amide bonds. The zero-order chi connectivity index (χ0) is 48.9. The SMILES string of the molecule is CC(C)(C)c1cc(-c2cc(C(C)(C)C)cc(C(C)(C)C)c2Op2oc3c(C(C)(C)C)cc(C(C)(C)C)cc3c3cc(C(C)(C)C)cc(C(C)(C)C)c3o2)c(OP(Cl)Cl)c(C(C)(C)C)c1. The Hall–Kier alpha value is -2.61. The molecule has 0 aliphatic rings. The summed E-state index contributed by atoms with van der Waals surface area (Å²) in [5, 5.41) is 2.05. The van der Waals surface area contributed by atoms with Crippen LogP contribution in [-0.4, -0.2) is 0 Å². The van der Waals surface area contributed by atoms with Gasteiger partial charge in [0.15, 0.2) is 0 Å². The molecule has 5 rings (SSSR count). The molecule has 8 heteroatoms. The van der Waals surface area contributed by atoms with E-state index in [2.05, 4.69) is 215 Å². The third kappa shape index (κ3) is 11.4. The Morgan fingerprint density at radius 3 is 0.953 bits per heavy atom. The monoisotopic (exact) mass is 948 g/mol. The summed E-state index contributed by atoms with van der Waals surface area (Å²) in [6.45, 7) is 52.3. The summed E-state index contributed by atoms with van der Waals surface area (Å²) in [4.78, 5) is 0. The van der Waals surface area contributed by atoms with Crippen LogP contribution in [0.5, 0.6) is 11.5 Å². The third-order valence-electron chi connectivity index (χ3n) is 12.3. The molecule has 0 saturated heterocycles. The molecular weight excluding hydrogens is 869 g/mol. The van der Waals surface area contributed by atoms with Crippen LogP contribution < -0.4 is 9.05 Å². The minimum absolute atomic E-state index is 0.122. The Balaban J connectivity index is 2.14. The van der Waals surface area contributed by atoms with E-state index in [4.69, 9.17) is 39.9 Å². The number of hydrogen-bond acceptors (Lipinski definition) is 4. The van der Waals surface area contributed by atoms with Gasteiger partial charge in [-0.05, 0) is 112 Å². The predicted molar refractivity (Wildman–Crippen MR) is 283 cm³/mol. The fraction of sp³-hybridized carbons (Fsp3) is 0.571. The summed E-state index contributed by atoms with van der Waals surface area (Å²) < 4.78 is 29.0. The molecule has 4 nitrogen and oxygen atoms in total. The summed E-state index contributed by atoms with van der Waals surface area (Å²) in [6.07, 6.45) is 0. The van der Waals surface area contributed by atoms with Crippen LogP contribution in [0, 0.1) is 0 Å². The maximum atomic E-state index is 7.61. The molecule has 0 unspecified atom stereocenters. The zero-order valence-electron chi connectivity index (χ0n) is 43.9. The molecule has 0 aliphatic heterocycles. The molecule has 0 radical (unpaired) electrons. The van der Waals surface area contributed by atoms with Crippen LogP contribution in [0.3, 0.4) is 0 Å². The standard InChI is InChI=1S/C56H80Cl2O4P2/c1-49(2,3)33-25-37(45(59-63(57)58)41(29-33)53(13,14)15)38-26-34(50(4,5)6)30-42(54(16,17)18)46(38)60-64-61-47-39(27-35(51(7,8)9)31-43(47)55(19,20)21)40-28-36(52(10,11)12)32-44(48(40)62-64)56(22,23)24/h25-32H,1-24H3. The highest BCUT2D eigenvalue weighted by atomic mass is 35.9. The topological polar surface area (TPSA) is 44.7 Å². The molecule has 352 valence electrons. The molecule has 5 aromatic rings. The van der Waals surface area contributed by atoms with Crippen LogP contribution in [0.15, 0.2) is 56.9 Å². The van der Waals surface area contributed by atoms with Crippen molar-refractivity contribution in [1.82, 2.24) is 0 Å². The van der Waals surface area contributed by atoms with E-state index in [1.807, 2.05) is 0 Å². The van der Waals surface area contributed by atoms with Crippen LogP contribution in [0.25, 0.3) is 33.1 Å². The lowest BCUT2D eigenvalue weighted by Gasteiger charge is -2.32. The lowest BCUT2D eigenvalue weighted by atomic mass is 9.75. The van der Waals surface area contributed by atoms with Crippen molar-refractivity contribution in [2.45, 2.75) is 209 Å². The number of fused-ring (bicyclic) bond motifs is 3. The first-order chi connectivity index (χ1) is 28.6. The van der Waals surface area contributed by atoms with Crippen LogP contribution in [-0.2, 0) is 43.3 Å². The lowest BCUT2D eigenvalue weighted by molar-refractivity contribution is 0.471. The second kappa shape index (κ2) is 17.2. The average Bonchev–Trinajstić information content (AvgIpc) is 3.23. The Kier molecular flexibility index (Phi) is 14.0. The fourth-order valence-corrected chi connectivity index (χ4v) is 9.92. The highest BCUT2D eigenvalue weighted by Crippen LogP contribution is 2.57. The number of halogens is 2. The minimum Gasteiger partial charge on any atom is -0.444 e. The van der Waals surface area contributed by atoms with Crippen molar-refractivity contribution in [2.24, 2.45) is 0 Å². The number of rotatable bonds is 5. The largest absolute Gasteiger partial charge is 0.453 e. The van der Waals surface area contributed by atoms with Gasteiger partial charge in [0.05, 0.1) is 0 Å². The van der Waals surface area contributed by atoms with Crippen molar-refractivity contribution in [3.8, 4) is 22.6 Å². The van der Waals surface area contributed by atoms with Crippen molar-refractivity contribution in [1.29, 1.82) is 0 Å². The van der Waals surface area contributed by atoms with Crippen molar-refractivity contribution in [2.75, 3.05) is 0 Å². The Bertz CT molecular complexity index is 2500. The Morgan fingerprint density at radius 2 is 0.656 bits per heavy atom. The van der Waals surface area contributed by atoms with Crippen molar-refractivity contribution in [3.63, 3.8) is 0 Å². The summed E-state index contributed by atoms with van der Waals surface area (Å²) >= 11 is 13.3. The van der Waals surface area contributed by atoms with Gasteiger partial charge in [-0.15, -0.1) is 0 Å². The van der Waals surface area contributed by atoms with E-state index in [1.165, 1.54) is 22.3 Å². The van der Waals surface area contributed by atoms with E-state index in [1.54, 1.807) is 0 Å². The van der Waals surface area contributed by atoms with Gasteiger partial charge in [0.2, 0.25) is 0 Å². The molecule has 0 N–H and O–H groups in total. The molecule has 0 fully saturated rings. The molecule has 64 heavy (non-hydrogen) atoms. The second-order valence-corrected chi connectivity index (χ2v) is 30.3. The first-order valence-corrected chi connectivity index (χ1v) is 27.2. The van der Waals surface area contributed by atoms with E-state index >= 15 is 0 Å². The van der Waals surface area contributed by atoms with Gasteiger partial charge in [0.1, 0.15) is 22.7 Å². The van der Waals surface area contributed by atoms with Crippen molar-refractivity contribution in [3.05, 3.63) is 93.0 Å². The average molecular weight is 950 g/mol. The normalized spacial score (nSPS) is 13.9. The maximum Gasteiger partial charge on any atom is 0.453 e. The van der Waals surface area contributed by atoms with Gasteiger partial charge in [-0.1, -0.05) is 190 Å². The summed E-state index contributed by atoms with van der Waals surface area (Å²) in [6, 6.07) is 18.5.